The summed E-state index contributed by atoms with van der Waals surface area (Å²) in [6.45, 7) is 6.24. The van der Waals surface area contributed by atoms with Crippen molar-refractivity contribution in [3.8, 4) is 6.07 Å². The summed E-state index contributed by atoms with van der Waals surface area (Å²) in [7, 11) is 0. The van der Waals surface area contributed by atoms with Crippen molar-refractivity contribution in [1.29, 1.82) is 5.26 Å². The molecule has 1 aliphatic carbocycles. The largest absolute Gasteiger partial charge is 0.337 e. The van der Waals surface area contributed by atoms with E-state index in [4.69, 9.17) is 10.1 Å². The van der Waals surface area contributed by atoms with Crippen molar-refractivity contribution < 1.29 is 14.0 Å². The topological polar surface area (TPSA) is 87.0 Å². The fourth-order valence-electron chi connectivity index (χ4n) is 2.21. The van der Waals surface area contributed by atoms with Crippen LogP contribution in [0.15, 0.2) is 30.3 Å². The van der Waals surface area contributed by atoms with E-state index in [9.17, 15) is 9.18 Å². The Morgan fingerprint density at radius 2 is 2.07 bits per heavy atom. The molecular weight excluding hydrogens is 347 g/mol. The monoisotopic (exact) mass is 370 g/mol. The number of carbonyl (C=O) groups is 1. The van der Waals surface area contributed by atoms with E-state index in [-0.39, 0.29) is 22.8 Å². The Bertz CT molecular complexity index is 844. The lowest BCUT2D eigenvalue weighted by Gasteiger charge is -2.12. The van der Waals surface area contributed by atoms with Crippen LogP contribution >= 0.6 is 0 Å². The predicted molar refractivity (Wildman–Crippen MR) is 101 cm³/mol. The van der Waals surface area contributed by atoms with E-state index >= 15 is 0 Å². The van der Waals surface area contributed by atoms with Gasteiger partial charge in [0, 0.05) is 0 Å². The van der Waals surface area contributed by atoms with E-state index in [0.29, 0.717) is 12.5 Å². The summed E-state index contributed by atoms with van der Waals surface area (Å²) in [6, 6.07) is 9.44. The summed E-state index contributed by atoms with van der Waals surface area (Å²) >= 11 is 0. The lowest BCUT2D eigenvalue weighted by Crippen LogP contribution is -2.26. The van der Waals surface area contributed by atoms with Crippen LogP contribution in [0.25, 0.3) is 0 Å². The molecule has 1 amide bonds. The van der Waals surface area contributed by atoms with Crippen LogP contribution in [0.1, 0.15) is 48.3 Å². The molecule has 0 unspecified atom stereocenters. The van der Waals surface area contributed by atoms with E-state index in [2.05, 4.69) is 15.8 Å². The highest BCUT2D eigenvalue weighted by Gasteiger charge is 2.22. The molecule has 6 nitrogen and oxygen atoms in total. The number of aromatic nitrogens is 1. The van der Waals surface area contributed by atoms with Gasteiger partial charge in [0.15, 0.2) is 0 Å². The van der Waals surface area contributed by atoms with Crippen LogP contribution in [-0.4, -0.2) is 17.5 Å². The van der Waals surface area contributed by atoms with Crippen LogP contribution < -0.4 is 10.8 Å². The predicted octanol–water partition coefficient (Wildman–Crippen LogP) is 4.24. The number of rotatable bonds is 6. The SMILES string of the molecule is CC.Cc1ccc(Nc2nc(C#N)ccc2C(=O)NOCC2CC2)c(F)c1. The van der Waals surface area contributed by atoms with Gasteiger partial charge in [0.2, 0.25) is 0 Å². The number of anilines is 2. The minimum atomic E-state index is -0.507. The van der Waals surface area contributed by atoms with Gasteiger partial charge in [-0.1, -0.05) is 19.9 Å². The van der Waals surface area contributed by atoms with Gasteiger partial charge in [-0.05, 0) is 55.5 Å². The number of halogens is 1. The Hall–Kier alpha value is -2.98. The molecule has 0 radical (unpaired) electrons. The number of nitriles is 1. The average Bonchev–Trinajstić information content (AvgIpc) is 3.50. The first-order valence-corrected chi connectivity index (χ1v) is 8.93. The molecule has 0 aliphatic heterocycles. The van der Waals surface area contributed by atoms with Crippen LogP contribution in [0.3, 0.4) is 0 Å². The molecule has 0 saturated heterocycles. The van der Waals surface area contributed by atoms with Gasteiger partial charge < -0.3 is 5.32 Å². The van der Waals surface area contributed by atoms with Crippen LogP contribution in [-0.2, 0) is 4.84 Å². The van der Waals surface area contributed by atoms with Gasteiger partial charge in [-0.3, -0.25) is 9.63 Å². The van der Waals surface area contributed by atoms with E-state index in [1.807, 2.05) is 19.9 Å². The molecular formula is C20H23FN4O2. The van der Waals surface area contributed by atoms with Gasteiger partial charge in [-0.15, -0.1) is 0 Å². The zero-order chi connectivity index (χ0) is 19.8. The molecule has 0 spiro atoms. The van der Waals surface area contributed by atoms with Crippen LogP contribution in [0.4, 0.5) is 15.9 Å². The maximum absolute atomic E-state index is 14.1. The Balaban J connectivity index is 0.00000126. The average molecular weight is 370 g/mol. The summed E-state index contributed by atoms with van der Waals surface area (Å²) in [5.74, 6) is -0.388. The molecule has 2 N–H and O–H groups in total. The number of hydrogen-bond acceptors (Lipinski definition) is 5. The number of aryl methyl sites for hydroxylation is 1. The molecule has 142 valence electrons. The highest BCUT2D eigenvalue weighted by molar-refractivity contribution is 5.98. The number of benzene rings is 1. The highest BCUT2D eigenvalue weighted by Crippen LogP contribution is 2.28. The van der Waals surface area contributed by atoms with Gasteiger partial charge in [0.25, 0.3) is 5.91 Å². The number of amides is 1. The van der Waals surface area contributed by atoms with Gasteiger partial charge >= 0.3 is 0 Å². The van der Waals surface area contributed by atoms with Crippen molar-refractivity contribution in [3.05, 3.63) is 53.0 Å². The number of nitrogens with zero attached hydrogens (tertiary/aromatic N) is 2. The number of pyridine rings is 1. The second-order valence-corrected chi connectivity index (χ2v) is 6.00. The quantitative estimate of drug-likeness (QED) is 0.743. The van der Waals surface area contributed by atoms with E-state index in [1.165, 1.54) is 18.2 Å². The van der Waals surface area contributed by atoms with Gasteiger partial charge in [0.05, 0.1) is 17.9 Å². The van der Waals surface area contributed by atoms with Crippen LogP contribution in [0, 0.1) is 30.0 Å². The molecule has 1 fully saturated rings. The van der Waals surface area contributed by atoms with Crippen LogP contribution in [0.2, 0.25) is 0 Å². The fourth-order valence-corrected chi connectivity index (χ4v) is 2.21. The number of hydroxylamine groups is 1. The second-order valence-electron chi connectivity index (χ2n) is 6.00. The maximum atomic E-state index is 14.1. The normalized spacial score (nSPS) is 12.4. The minimum Gasteiger partial charge on any atom is -0.337 e. The smallest absolute Gasteiger partial charge is 0.278 e. The van der Waals surface area contributed by atoms with Crippen molar-refractivity contribution in [2.75, 3.05) is 11.9 Å². The number of carbonyl (C=O) groups excluding carboxylic acids is 1. The number of hydrogen-bond donors (Lipinski definition) is 2. The molecule has 7 heteroatoms. The fraction of sp³-hybridized carbons (Fsp3) is 0.350. The molecule has 3 rings (SSSR count). The second kappa shape index (κ2) is 9.64. The van der Waals surface area contributed by atoms with Crippen LogP contribution in [0.5, 0.6) is 0 Å². The Morgan fingerprint density at radius 1 is 1.33 bits per heavy atom. The summed E-state index contributed by atoms with van der Waals surface area (Å²) in [5, 5.41) is 11.8. The molecule has 1 saturated carbocycles. The lowest BCUT2D eigenvalue weighted by atomic mass is 10.2. The van der Waals surface area contributed by atoms with Gasteiger partial charge in [-0.25, -0.2) is 14.9 Å². The number of nitrogens with one attached hydrogen (secondary N) is 2. The lowest BCUT2D eigenvalue weighted by molar-refractivity contribution is 0.0271. The minimum absolute atomic E-state index is 0.0920. The molecule has 0 atom stereocenters. The highest BCUT2D eigenvalue weighted by atomic mass is 19.1. The zero-order valence-corrected chi connectivity index (χ0v) is 15.7. The van der Waals surface area contributed by atoms with Gasteiger partial charge in [0.1, 0.15) is 23.4 Å². The molecule has 1 aliphatic rings. The van der Waals surface area contributed by atoms with E-state index in [1.54, 1.807) is 19.1 Å². The molecule has 1 heterocycles. The third kappa shape index (κ3) is 5.76. The summed E-state index contributed by atoms with van der Waals surface area (Å²) in [6.07, 6.45) is 2.21. The molecule has 0 bridgehead atoms. The maximum Gasteiger partial charge on any atom is 0.278 e. The third-order valence-corrected chi connectivity index (χ3v) is 3.81. The summed E-state index contributed by atoms with van der Waals surface area (Å²) in [5.41, 5.74) is 3.58. The van der Waals surface area contributed by atoms with E-state index < -0.39 is 11.7 Å². The molecule has 2 aromatic rings. The van der Waals surface area contributed by atoms with Gasteiger partial charge in [-0.2, -0.15) is 5.26 Å². The summed E-state index contributed by atoms with van der Waals surface area (Å²) < 4.78 is 14.1. The van der Waals surface area contributed by atoms with Crippen molar-refractivity contribution in [3.63, 3.8) is 0 Å². The standard InChI is InChI=1S/C18H17FN4O2.C2H6/c1-11-2-7-16(15(19)8-11)22-17-14(6-5-13(9-20)21-17)18(24)23-25-10-12-3-4-12;1-2/h2,5-8,12H,3-4,10H2,1H3,(H,21,22)(H,23,24);1-2H3. The molecule has 1 aromatic carbocycles. The Labute approximate surface area is 158 Å². The van der Waals surface area contributed by atoms with Crippen molar-refractivity contribution in [2.45, 2.75) is 33.6 Å². The first-order valence-electron chi connectivity index (χ1n) is 8.93. The zero-order valence-electron chi connectivity index (χ0n) is 15.7. The molecule has 27 heavy (non-hydrogen) atoms. The van der Waals surface area contributed by atoms with Crippen molar-refractivity contribution in [1.82, 2.24) is 10.5 Å². The Kier molecular flexibility index (Phi) is 7.26. The molecule has 1 aromatic heterocycles. The first-order chi connectivity index (χ1) is 13.1. The van der Waals surface area contributed by atoms with Crippen molar-refractivity contribution in [2.24, 2.45) is 5.92 Å². The van der Waals surface area contributed by atoms with Crippen molar-refractivity contribution >= 4 is 17.4 Å². The van der Waals surface area contributed by atoms with E-state index in [0.717, 1.165) is 18.4 Å². The Morgan fingerprint density at radius 3 is 2.70 bits per heavy atom. The first kappa shape index (κ1) is 20.3. The summed E-state index contributed by atoms with van der Waals surface area (Å²) in [4.78, 5) is 21.6. The third-order valence-electron chi connectivity index (χ3n) is 3.81.